The van der Waals surface area contributed by atoms with Crippen LogP contribution in [0.25, 0.3) is 0 Å². The number of hydrogen-bond acceptors (Lipinski definition) is 5. The van der Waals surface area contributed by atoms with Crippen molar-refractivity contribution in [2.45, 2.75) is 46.1 Å². The number of carbonyl (C=O) groups is 1. The van der Waals surface area contributed by atoms with Crippen molar-refractivity contribution in [3.8, 4) is 11.5 Å². The number of anilines is 1. The summed E-state index contributed by atoms with van der Waals surface area (Å²) in [5, 5.41) is 2.78. The molecule has 0 fully saturated rings. The van der Waals surface area contributed by atoms with Gasteiger partial charge in [-0.1, -0.05) is 44.5 Å². The third kappa shape index (κ3) is 5.54. The van der Waals surface area contributed by atoms with Crippen molar-refractivity contribution in [3.05, 3.63) is 53.1 Å². The largest absolute Gasteiger partial charge is 0.491 e. The van der Waals surface area contributed by atoms with Gasteiger partial charge in [-0.25, -0.2) is 8.42 Å². The molecule has 0 saturated heterocycles. The van der Waals surface area contributed by atoms with Crippen molar-refractivity contribution in [3.63, 3.8) is 0 Å². The van der Waals surface area contributed by atoms with E-state index in [4.69, 9.17) is 9.47 Å². The van der Waals surface area contributed by atoms with Gasteiger partial charge in [-0.15, -0.1) is 0 Å². The second-order valence-electron chi connectivity index (χ2n) is 9.24. The zero-order valence-corrected chi connectivity index (χ0v) is 20.4. The minimum Gasteiger partial charge on any atom is -0.491 e. The van der Waals surface area contributed by atoms with Gasteiger partial charge in [0.05, 0.1) is 25.0 Å². The molecule has 1 unspecified atom stereocenters. The Bertz CT molecular complexity index is 1110. The first-order valence-corrected chi connectivity index (χ1v) is 12.5. The number of nitrogens with zero attached hydrogens (tertiary/aromatic N) is 1. The summed E-state index contributed by atoms with van der Waals surface area (Å²) in [7, 11) is -3.59. The second-order valence-corrected chi connectivity index (χ2v) is 11.1. The number of aryl methyl sites for hydroxylation is 2. The lowest BCUT2D eigenvalue weighted by Gasteiger charge is -2.35. The minimum atomic E-state index is -3.59. The number of ether oxygens (including phenoxy) is 2. The molecule has 0 spiro atoms. The molecule has 2 aromatic carbocycles. The second kappa shape index (κ2) is 9.02. The van der Waals surface area contributed by atoms with Gasteiger partial charge in [0.2, 0.25) is 10.0 Å². The number of rotatable bonds is 6. The van der Waals surface area contributed by atoms with Crippen molar-refractivity contribution in [1.82, 2.24) is 5.32 Å². The van der Waals surface area contributed by atoms with Gasteiger partial charge < -0.3 is 14.8 Å². The van der Waals surface area contributed by atoms with Gasteiger partial charge in [0, 0.05) is 0 Å². The molecule has 7 nitrogen and oxygen atoms in total. The normalized spacial score (nSPS) is 16.2. The van der Waals surface area contributed by atoms with Crippen molar-refractivity contribution >= 4 is 21.6 Å². The summed E-state index contributed by atoms with van der Waals surface area (Å²) in [5.74, 6) is 0.764. The lowest BCUT2D eigenvalue weighted by atomic mass is 9.86. The average Bonchev–Trinajstić information content (AvgIpc) is 2.69. The molecule has 174 valence electrons. The van der Waals surface area contributed by atoms with E-state index in [1.54, 1.807) is 6.07 Å². The molecular weight excluding hydrogens is 428 g/mol. The smallest absolute Gasteiger partial charge is 0.263 e. The Hall–Kier alpha value is -2.74. The van der Waals surface area contributed by atoms with Crippen molar-refractivity contribution in [1.29, 1.82) is 0 Å². The maximum absolute atomic E-state index is 12.7. The van der Waals surface area contributed by atoms with E-state index in [9.17, 15) is 13.2 Å². The summed E-state index contributed by atoms with van der Waals surface area (Å²) in [4.78, 5) is 12.7. The zero-order chi connectivity index (χ0) is 23.7. The Labute approximate surface area is 190 Å². The number of carbonyl (C=O) groups excluding carboxylic acids is 1. The molecule has 8 heteroatoms. The van der Waals surface area contributed by atoms with Crippen LogP contribution in [0.15, 0.2) is 36.4 Å². The SMILES string of the molecule is Cc1ccc(OCCNC(=O)C2CN(S(C)(=O)=O)c3cc(C(C)(C)C)ccc3O2)c(C)c1. The van der Waals surface area contributed by atoms with Gasteiger partial charge in [-0.2, -0.15) is 0 Å². The van der Waals surface area contributed by atoms with Gasteiger partial charge in [0.25, 0.3) is 5.91 Å². The first-order chi connectivity index (χ1) is 14.9. The fourth-order valence-corrected chi connectivity index (χ4v) is 4.48. The van der Waals surface area contributed by atoms with Gasteiger partial charge in [-0.05, 0) is 48.6 Å². The molecule has 1 atom stereocenters. The van der Waals surface area contributed by atoms with Crippen LogP contribution in [-0.4, -0.2) is 46.4 Å². The molecule has 1 N–H and O–H groups in total. The standard InChI is InChI=1S/C24H32N2O5S/c1-16-7-9-20(17(2)13-16)30-12-11-25-23(27)22-15-26(32(6,28)29)19-14-18(24(3,4)5)8-10-21(19)31-22/h7-10,13-14,22H,11-12,15H2,1-6H3,(H,25,27). The van der Waals surface area contributed by atoms with Crippen molar-refractivity contribution < 1.29 is 22.7 Å². The summed E-state index contributed by atoms with van der Waals surface area (Å²) in [6, 6.07) is 11.4. The highest BCUT2D eigenvalue weighted by Crippen LogP contribution is 2.38. The fraction of sp³-hybridized carbons (Fsp3) is 0.458. The van der Waals surface area contributed by atoms with Crippen LogP contribution in [0, 0.1) is 13.8 Å². The summed E-state index contributed by atoms with van der Waals surface area (Å²) in [6.07, 6.45) is 0.192. The summed E-state index contributed by atoms with van der Waals surface area (Å²) >= 11 is 0. The van der Waals surface area contributed by atoms with E-state index >= 15 is 0 Å². The number of fused-ring (bicyclic) bond motifs is 1. The van der Waals surface area contributed by atoms with Gasteiger partial charge in [-0.3, -0.25) is 9.10 Å². The summed E-state index contributed by atoms with van der Waals surface area (Å²) < 4.78 is 37.8. The molecular formula is C24H32N2O5S. The van der Waals surface area contributed by atoms with E-state index in [0.29, 0.717) is 18.0 Å². The highest BCUT2D eigenvalue weighted by molar-refractivity contribution is 7.92. The van der Waals surface area contributed by atoms with Gasteiger partial charge in [0.15, 0.2) is 6.10 Å². The Morgan fingerprint density at radius 2 is 1.91 bits per heavy atom. The van der Waals surface area contributed by atoms with Crippen LogP contribution in [0.1, 0.15) is 37.5 Å². The minimum absolute atomic E-state index is 0.0802. The highest BCUT2D eigenvalue weighted by atomic mass is 32.2. The Morgan fingerprint density at radius 1 is 1.19 bits per heavy atom. The lowest BCUT2D eigenvalue weighted by molar-refractivity contribution is -0.127. The number of hydrogen-bond donors (Lipinski definition) is 1. The Morgan fingerprint density at radius 3 is 2.53 bits per heavy atom. The molecule has 1 aliphatic rings. The van der Waals surface area contributed by atoms with Gasteiger partial charge in [0.1, 0.15) is 18.1 Å². The maximum Gasteiger partial charge on any atom is 0.263 e. The molecule has 1 aliphatic heterocycles. The average molecular weight is 461 g/mol. The zero-order valence-electron chi connectivity index (χ0n) is 19.6. The molecule has 1 amide bonds. The number of sulfonamides is 1. The van der Waals surface area contributed by atoms with Crippen LogP contribution < -0.4 is 19.1 Å². The molecule has 0 aliphatic carbocycles. The fourth-order valence-electron chi connectivity index (χ4n) is 3.58. The lowest BCUT2D eigenvalue weighted by Crippen LogP contribution is -2.51. The Balaban J connectivity index is 1.67. The topological polar surface area (TPSA) is 84.9 Å². The monoisotopic (exact) mass is 460 g/mol. The first kappa shape index (κ1) is 23.9. The van der Waals surface area contributed by atoms with Crippen LogP contribution in [0.5, 0.6) is 11.5 Å². The Kier molecular flexibility index (Phi) is 6.74. The third-order valence-electron chi connectivity index (χ3n) is 5.38. The molecule has 0 radical (unpaired) electrons. The number of nitrogens with one attached hydrogen (secondary N) is 1. The molecule has 32 heavy (non-hydrogen) atoms. The summed E-state index contributed by atoms with van der Waals surface area (Å²) in [5.41, 5.74) is 3.48. The number of amides is 1. The molecule has 2 aromatic rings. The predicted molar refractivity (Wildman–Crippen MR) is 126 cm³/mol. The van der Waals surface area contributed by atoms with Crippen LogP contribution in [-0.2, 0) is 20.2 Å². The van der Waals surface area contributed by atoms with E-state index in [-0.39, 0.29) is 24.4 Å². The van der Waals surface area contributed by atoms with E-state index in [1.165, 1.54) is 4.31 Å². The van der Waals surface area contributed by atoms with Crippen LogP contribution in [0.2, 0.25) is 0 Å². The van der Waals surface area contributed by atoms with Crippen LogP contribution in [0.4, 0.5) is 5.69 Å². The molecule has 0 aromatic heterocycles. The molecule has 0 saturated carbocycles. The molecule has 1 heterocycles. The quantitative estimate of drug-likeness (QED) is 0.669. The van der Waals surface area contributed by atoms with Crippen molar-refractivity contribution in [2.75, 3.05) is 30.3 Å². The van der Waals surface area contributed by atoms with E-state index in [2.05, 4.69) is 26.1 Å². The van der Waals surface area contributed by atoms with Crippen molar-refractivity contribution in [2.24, 2.45) is 0 Å². The van der Waals surface area contributed by atoms with Crippen LogP contribution >= 0.6 is 0 Å². The van der Waals surface area contributed by atoms with E-state index in [0.717, 1.165) is 28.7 Å². The summed E-state index contributed by atoms with van der Waals surface area (Å²) in [6.45, 7) is 10.6. The van der Waals surface area contributed by atoms with E-state index in [1.807, 2.05) is 44.2 Å². The molecule has 3 rings (SSSR count). The van der Waals surface area contributed by atoms with E-state index < -0.39 is 16.1 Å². The predicted octanol–water partition coefficient (Wildman–Crippen LogP) is 3.32. The maximum atomic E-state index is 12.7. The molecule has 0 bridgehead atoms. The highest BCUT2D eigenvalue weighted by Gasteiger charge is 2.35. The van der Waals surface area contributed by atoms with Gasteiger partial charge >= 0.3 is 0 Å². The third-order valence-corrected chi connectivity index (χ3v) is 6.52. The number of benzene rings is 2. The first-order valence-electron chi connectivity index (χ1n) is 10.6. The van der Waals surface area contributed by atoms with Crippen LogP contribution in [0.3, 0.4) is 0 Å².